The van der Waals surface area contributed by atoms with Crippen LogP contribution in [0, 0.1) is 17.8 Å². The average Bonchev–Trinajstić information content (AvgIpc) is 2.12. The number of rotatable bonds is 3. The molecular formula is C11H16NO2. The summed E-state index contributed by atoms with van der Waals surface area (Å²) < 4.78 is 0. The maximum Gasteiger partial charge on any atom is 0.335 e. The van der Waals surface area contributed by atoms with E-state index in [1.807, 2.05) is 0 Å². The van der Waals surface area contributed by atoms with E-state index in [9.17, 15) is 4.79 Å². The molecule has 77 valence electrons. The summed E-state index contributed by atoms with van der Waals surface area (Å²) >= 11 is 0. The Labute approximate surface area is 84.2 Å². The number of nitrogens with one attached hydrogen (secondary N) is 1. The second-order valence-electron chi connectivity index (χ2n) is 5.41. The number of hydroxylamine groups is 1. The Bertz CT molecular complexity index is 216. The highest BCUT2D eigenvalue weighted by molar-refractivity contribution is 5.45. The van der Waals surface area contributed by atoms with E-state index in [0.717, 1.165) is 37.0 Å². The van der Waals surface area contributed by atoms with Crippen molar-refractivity contribution in [3.05, 3.63) is 0 Å². The van der Waals surface area contributed by atoms with Gasteiger partial charge < -0.3 is 0 Å². The van der Waals surface area contributed by atoms with Gasteiger partial charge in [-0.1, -0.05) is 0 Å². The molecule has 1 N–H and O–H groups in total. The van der Waals surface area contributed by atoms with Crippen molar-refractivity contribution in [1.29, 1.82) is 0 Å². The summed E-state index contributed by atoms with van der Waals surface area (Å²) in [7, 11) is 0. The molecule has 1 radical (unpaired) electrons. The van der Waals surface area contributed by atoms with Crippen LogP contribution in [0.1, 0.15) is 38.5 Å². The van der Waals surface area contributed by atoms with Crippen LogP contribution in [0.15, 0.2) is 0 Å². The summed E-state index contributed by atoms with van der Waals surface area (Å²) in [5.74, 6) is 2.57. The molecule has 1 amide bonds. The Balaban J connectivity index is 1.77. The van der Waals surface area contributed by atoms with E-state index in [-0.39, 0.29) is 5.60 Å². The highest BCUT2D eigenvalue weighted by Gasteiger charge is 2.52. The van der Waals surface area contributed by atoms with Crippen LogP contribution < -0.4 is 5.48 Å². The molecule has 3 nitrogen and oxygen atoms in total. The first-order valence-electron chi connectivity index (χ1n) is 5.60. The molecule has 4 rings (SSSR count). The zero-order valence-corrected chi connectivity index (χ0v) is 8.29. The van der Waals surface area contributed by atoms with Crippen molar-refractivity contribution in [2.45, 2.75) is 44.1 Å². The maximum atomic E-state index is 10.1. The Morgan fingerprint density at radius 2 is 1.57 bits per heavy atom. The third-order valence-electron chi connectivity index (χ3n) is 4.29. The quantitative estimate of drug-likeness (QED) is 0.546. The Morgan fingerprint density at radius 3 is 2.00 bits per heavy atom. The molecule has 3 heteroatoms. The van der Waals surface area contributed by atoms with Gasteiger partial charge in [0.1, 0.15) is 0 Å². The predicted molar refractivity (Wildman–Crippen MR) is 50.8 cm³/mol. The van der Waals surface area contributed by atoms with Gasteiger partial charge in [0, 0.05) is 0 Å². The van der Waals surface area contributed by atoms with Gasteiger partial charge in [0.25, 0.3) is 0 Å². The minimum absolute atomic E-state index is 0.0217. The van der Waals surface area contributed by atoms with Crippen molar-refractivity contribution >= 4 is 6.41 Å². The lowest BCUT2D eigenvalue weighted by Crippen LogP contribution is -2.53. The van der Waals surface area contributed by atoms with Crippen LogP contribution >= 0.6 is 0 Å². The largest absolute Gasteiger partial charge is 0.335 e. The normalized spacial score (nSPS) is 49.3. The lowest BCUT2D eigenvalue weighted by molar-refractivity contribution is -0.182. The van der Waals surface area contributed by atoms with Crippen molar-refractivity contribution < 1.29 is 9.63 Å². The molecular weight excluding hydrogens is 178 g/mol. The van der Waals surface area contributed by atoms with Gasteiger partial charge in [0.2, 0.25) is 0 Å². The lowest BCUT2D eigenvalue weighted by Gasteiger charge is -2.55. The van der Waals surface area contributed by atoms with Crippen LogP contribution in [0.3, 0.4) is 0 Å². The Morgan fingerprint density at radius 1 is 1.07 bits per heavy atom. The molecule has 14 heavy (non-hydrogen) atoms. The van der Waals surface area contributed by atoms with E-state index >= 15 is 0 Å². The van der Waals surface area contributed by atoms with Crippen LogP contribution in [0.2, 0.25) is 0 Å². The molecule has 4 aliphatic rings. The van der Waals surface area contributed by atoms with E-state index in [1.165, 1.54) is 19.3 Å². The molecule has 0 aromatic rings. The first-order valence-corrected chi connectivity index (χ1v) is 5.60. The minimum atomic E-state index is -0.0217. The molecule has 4 bridgehead atoms. The molecule has 0 aromatic heterocycles. The molecule has 0 spiro atoms. The molecule has 0 atom stereocenters. The smallest absolute Gasteiger partial charge is 0.267 e. The standard InChI is InChI=1S/C11H16NO2/c13-7-12-14-11-4-8-1-9(5-11)3-10(2-8)6-11/h8-10H,1-6H2,(H,12,13). The predicted octanol–water partition coefficient (Wildman–Crippen LogP) is 1.54. The van der Waals surface area contributed by atoms with E-state index in [0.29, 0.717) is 0 Å². The first-order chi connectivity index (χ1) is 6.80. The van der Waals surface area contributed by atoms with E-state index in [2.05, 4.69) is 5.48 Å². The van der Waals surface area contributed by atoms with Gasteiger partial charge in [-0.15, -0.1) is 0 Å². The average molecular weight is 194 g/mol. The van der Waals surface area contributed by atoms with Gasteiger partial charge in [-0.3, -0.25) is 9.63 Å². The highest BCUT2D eigenvalue weighted by Crippen LogP contribution is 2.56. The van der Waals surface area contributed by atoms with Gasteiger partial charge in [0.15, 0.2) is 0 Å². The summed E-state index contributed by atoms with van der Waals surface area (Å²) in [6.07, 6.45) is 9.25. The second-order valence-corrected chi connectivity index (χ2v) is 5.41. The van der Waals surface area contributed by atoms with Crippen LogP contribution in [0.4, 0.5) is 0 Å². The third kappa shape index (κ3) is 1.26. The lowest BCUT2D eigenvalue weighted by atomic mass is 9.54. The van der Waals surface area contributed by atoms with Gasteiger partial charge in [-0.25, -0.2) is 5.48 Å². The molecule has 0 aliphatic heterocycles. The summed E-state index contributed by atoms with van der Waals surface area (Å²) in [6, 6.07) is 0. The molecule has 0 saturated heterocycles. The molecule has 0 unspecified atom stereocenters. The number of carbonyl (C=O) groups excluding carboxylic acids is 1. The summed E-state index contributed by atoms with van der Waals surface area (Å²) in [5, 5.41) is 0. The van der Waals surface area contributed by atoms with Crippen molar-refractivity contribution in [2.75, 3.05) is 0 Å². The maximum absolute atomic E-state index is 10.1. The number of hydrogen-bond acceptors (Lipinski definition) is 2. The molecule has 0 aromatic carbocycles. The van der Waals surface area contributed by atoms with Crippen LogP contribution in [0.5, 0.6) is 0 Å². The summed E-state index contributed by atoms with van der Waals surface area (Å²) in [4.78, 5) is 15.7. The van der Waals surface area contributed by atoms with Gasteiger partial charge in [-0.05, 0) is 56.3 Å². The molecule has 4 fully saturated rings. The minimum Gasteiger partial charge on any atom is -0.267 e. The van der Waals surface area contributed by atoms with E-state index < -0.39 is 0 Å². The number of amides is 1. The first kappa shape index (κ1) is 8.72. The van der Waals surface area contributed by atoms with Gasteiger partial charge in [-0.2, -0.15) is 0 Å². The topological polar surface area (TPSA) is 38.3 Å². The van der Waals surface area contributed by atoms with Crippen LogP contribution in [-0.4, -0.2) is 12.0 Å². The van der Waals surface area contributed by atoms with E-state index in [1.54, 1.807) is 6.41 Å². The zero-order valence-electron chi connectivity index (χ0n) is 8.29. The van der Waals surface area contributed by atoms with Gasteiger partial charge in [0.05, 0.1) is 5.60 Å². The van der Waals surface area contributed by atoms with E-state index in [4.69, 9.17) is 4.84 Å². The SMILES string of the molecule is O=[C]NOC12CC3CC(CC(C3)C1)C2. The Kier molecular flexibility index (Phi) is 1.84. The highest BCUT2D eigenvalue weighted by atomic mass is 16.7. The molecule has 4 saturated carbocycles. The fourth-order valence-corrected chi connectivity index (χ4v) is 4.29. The van der Waals surface area contributed by atoms with Gasteiger partial charge >= 0.3 is 6.41 Å². The van der Waals surface area contributed by atoms with Crippen LogP contribution in [0.25, 0.3) is 0 Å². The Hall–Kier alpha value is -0.570. The van der Waals surface area contributed by atoms with Crippen LogP contribution in [-0.2, 0) is 9.63 Å². The molecule has 0 heterocycles. The third-order valence-corrected chi connectivity index (χ3v) is 4.29. The number of hydrogen-bond donors (Lipinski definition) is 1. The van der Waals surface area contributed by atoms with Crippen molar-refractivity contribution in [2.24, 2.45) is 17.8 Å². The van der Waals surface area contributed by atoms with Crippen molar-refractivity contribution in [3.63, 3.8) is 0 Å². The monoisotopic (exact) mass is 194 g/mol. The molecule has 4 aliphatic carbocycles. The zero-order chi connectivity index (χ0) is 9.60. The fraction of sp³-hybridized carbons (Fsp3) is 0.909. The fourth-order valence-electron chi connectivity index (χ4n) is 4.29. The van der Waals surface area contributed by atoms with Crippen molar-refractivity contribution in [1.82, 2.24) is 5.48 Å². The second kappa shape index (κ2) is 2.96. The summed E-state index contributed by atoms with van der Waals surface area (Å²) in [6.45, 7) is 0. The summed E-state index contributed by atoms with van der Waals surface area (Å²) in [5.41, 5.74) is 2.28. The van der Waals surface area contributed by atoms with Crippen molar-refractivity contribution in [3.8, 4) is 0 Å².